The van der Waals surface area contributed by atoms with E-state index < -0.39 is 11.6 Å². The number of ether oxygens (including phenoxy) is 1. The van der Waals surface area contributed by atoms with Gasteiger partial charge in [-0.25, -0.2) is 9.24 Å². The molecule has 1 atom stereocenters. The van der Waals surface area contributed by atoms with E-state index in [-0.39, 0.29) is 18.7 Å². The Morgan fingerprint density at radius 3 is 2.70 bits per heavy atom. The van der Waals surface area contributed by atoms with Crippen LogP contribution in [0.15, 0.2) is 42.5 Å². The summed E-state index contributed by atoms with van der Waals surface area (Å²) in [4.78, 5) is 14.4. The molecule has 1 heterocycles. The lowest BCUT2D eigenvalue weighted by molar-refractivity contribution is -0.138. The van der Waals surface area contributed by atoms with Gasteiger partial charge in [0, 0.05) is 6.42 Å². The summed E-state index contributed by atoms with van der Waals surface area (Å²) in [6.07, 6.45) is 0.180. The number of nitrogens with zero attached hydrogens (tertiary/aromatic N) is 1. The van der Waals surface area contributed by atoms with Crippen LogP contribution in [0.25, 0.3) is 4.85 Å². The van der Waals surface area contributed by atoms with Gasteiger partial charge in [0.2, 0.25) is 0 Å². The van der Waals surface area contributed by atoms with E-state index in [9.17, 15) is 9.18 Å². The standard InChI is InChI=1S/C18H14FNO3/c1-20-15-6-7-16-12(10-15)11-23-18(16,9-8-17(21)22)13-2-4-14(19)5-3-13/h2-7,10H,8-9,11H2,(H,21,22). The Bertz CT molecular complexity index is 795. The molecule has 116 valence electrons. The predicted molar refractivity (Wildman–Crippen MR) is 81.5 cm³/mol. The van der Waals surface area contributed by atoms with Crippen LogP contribution in [0.4, 0.5) is 10.1 Å². The van der Waals surface area contributed by atoms with Gasteiger partial charge in [-0.3, -0.25) is 4.79 Å². The molecule has 5 heteroatoms. The summed E-state index contributed by atoms with van der Waals surface area (Å²) >= 11 is 0. The lowest BCUT2D eigenvalue weighted by atomic mass is 9.82. The summed E-state index contributed by atoms with van der Waals surface area (Å²) in [6.45, 7) is 7.40. The largest absolute Gasteiger partial charge is 0.481 e. The number of halogens is 1. The van der Waals surface area contributed by atoms with Crippen LogP contribution in [0.1, 0.15) is 29.5 Å². The van der Waals surface area contributed by atoms with Crippen molar-refractivity contribution in [1.82, 2.24) is 0 Å². The van der Waals surface area contributed by atoms with Crippen LogP contribution in [0.3, 0.4) is 0 Å². The summed E-state index contributed by atoms with van der Waals surface area (Å²) in [5, 5.41) is 9.05. The minimum atomic E-state index is -0.915. The van der Waals surface area contributed by atoms with E-state index in [0.717, 1.165) is 16.7 Å². The summed E-state index contributed by atoms with van der Waals surface area (Å²) in [5.41, 5.74) is 2.03. The molecule has 0 aliphatic carbocycles. The summed E-state index contributed by atoms with van der Waals surface area (Å²) < 4.78 is 19.2. The molecule has 0 fully saturated rings. The van der Waals surface area contributed by atoms with Gasteiger partial charge >= 0.3 is 5.97 Å². The Kier molecular flexibility index (Phi) is 3.85. The zero-order valence-corrected chi connectivity index (χ0v) is 12.3. The molecule has 1 N–H and O–H groups in total. The van der Waals surface area contributed by atoms with Gasteiger partial charge < -0.3 is 9.84 Å². The number of fused-ring (bicyclic) bond motifs is 1. The van der Waals surface area contributed by atoms with Crippen LogP contribution in [-0.4, -0.2) is 11.1 Å². The highest BCUT2D eigenvalue weighted by Gasteiger charge is 2.41. The Morgan fingerprint density at radius 1 is 1.30 bits per heavy atom. The molecule has 0 amide bonds. The lowest BCUT2D eigenvalue weighted by Crippen LogP contribution is -2.28. The number of rotatable bonds is 4. The zero-order valence-electron chi connectivity index (χ0n) is 12.3. The van der Waals surface area contributed by atoms with Crippen molar-refractivity contribution in [1.29, 1.82) is 0 Å². The van der Waals surface area contributed by atoms with Crippen LogP contribution in [0, 0.1) is 12.4 Å². The number of hydrogen-bond acceptors (Lipinski definition) is 2. The maximum Gasteiger partial charge on any atom is 0.303 e. The van der Waals surface area contributed by atoms with Gasteiger partial charge in [0.25, 0.3) is 0 Å². The molecular weight excluding hydrogens is 297 g/mol. The Morgan fingerprint density at radius 2 is 2.04 bits per heavy atom. The number of hydrogen-bond donors (Lipinski definition) is 1. The van der Waals surface area contributed by atoms with Crippen molar-refractivity contribution in [3.63, 3.8) is 0 Å². The molecule has 4 nitrogen and oxygen atoms in total. The van der Waals surface area contributed by atoms with E-state index in [1.54, 1.807) is 30.3 Å². The lowest BCUT2D eigenvalue weighted by Gasteiger charge is -2.30. The molecule has 0 aromatic heterocycles. The maximum absolute atomic E-state index is 13.2. The molecule has 0 saturated carbocycles. The fraction of sp³-hybridized carbons (Fsp3) is 0.222. The average Bonchev–Trinajstić information content (AvgIpc) is 2.92. The molecule has 1 aliphatic heterocycles. The first-order valence-corrected chi connectivity index (χ1v) is 7.18. The second-order valence-corrected chi connectivity index (χ2v) is 5.47. The summed E-state index contributed by atoms with van der Waals surface area (Å²) in [6, 6.07) is 11.2. The number of carboxylic acids is 1. The molecule has 1 aliphatic rings. The molecule has 3 rings (SSSR count). The summed E-state index contributed by atoms with van der Waals surface area (Å²) in [5.74, 6) is -1.27. The third kappa shape index (κ3) is 2.69. The van der Waals surface area contributed by atoms with E-state index in [1.165, 1.54) is 12.1 Å². The van der Waals surface area contributed by atoms with Gasteiger partial charge in [-0.15, -0.1) is 0 Å². The van der Waals surface area contributed by atoms with Crippen LogP contribution in [0.2, 0.25) is 0 Å². The molecule has 2 aromatic rings. The maximum atomic E-state index is 13.2. The van der Waals surface area contributed by atoms with Crippen molar-refractivity contribution in [3.05, 3.63) is 76.4 Å². The highest BCUT2D eigenvalue weighted by atomic mass is 19.1. The van der Waals surface area contributed by atoms with Crippen LogP contribution in [0.5, 0.6) is 0 Å². The monoisotopic (exact) mass is 311 g/mol. The first-order chi connectivity index (χ1) is 11.0. The van der Waals surface area contributed by atoms with Gasteiger partial charge in [-0.05, 0) is 35.2 Å². The van der Waals surface area contributed by atoms with Crippen molar-refractivity contribution in [2.45, 2.75) is 25.0 Å². The second kappa shape index (κ2) is 5.82. The average molecular weight is 311 g/mol. The number of aliphatic carboxylic acids is 1. The van der Waals surface area contributed by atoms with E-state index >= 15 is 0 Å². The van der Waals surface area contributed by atoms with Crippen molar-refractivity contribution >= 4 is 11.7 Å². The van der Waals surface area contributed by atoms with E-state index in [1.807, 2.05) is 0 Å². The molecule has 0 bridgehead atoms. The highest BCUT2D eigenvalue weighted by molar-refractivity contribution is 5.67. The Hall–Kier alpha value is -2.71. The fourth-order valence-corrected chi connectivity index (χ4v) is 3.03. The third-order valence-corrected chi connectivity index (χ3v) is 4.13. The fourth-order valence-electron chi connectivity index (χ4n) is 3.03. The zero-order chi connectivity index (χ0) is 16.4. The number of carboxylic acid groups (broad SMARTS) is 1. The molecular formula is C18H14FNO3. The van der Waals surface area contributed by atoms with Crippen molar-refractivity contribution in [2.24, 2.45) is 0 Å². The predicted octanol–water partition coefficient (Wildman–Crippen LogP) is 4.02. The highest BCUT2D eigenvalue weighted by Crippen LogP contribution is 2.46. The quantitative estimate of drug-likeness (QED) is 0.868. The normalized spacial score (nSPS) is 19.1. The molecule has 0 saturated heterocycles. The van der Waals surface area contributed by atoms with E-state index in [4.69, 9.17) is 16.4 Å². The van der Waals surface area contributed by atoms with Crippen LogP contribution in [-0.2, 0) is 21.7 Å². The molecule has 23 heavy (non-hydrogen) atoms. The minimum Gasteiger partial charge on any atom is -0.481 e. The van der Waals surface area contributed by atoms with Crippen LogP contribution >= 0.6 is 0 Å². The van der Waals surface area contributed by atoms with E-state index in [2.05, 4.69) is 4.85 Å². The molecule has 1 unspecified atom stereocenters. The van der Waals surface area contributed by atoms with Gasteiger partial charge in [0.05, 0.1) is 13.2 Å². The minimum absolute atomic E-state index is 0.0681. The summed E-state index contributed by atoms with van der Waals surface area (Å²) in [7, 11) is 0. The SMILES string of the molecule is [C-]#[N+]c1ccc2c(c1)COC2(CCC(=O)O)c1ccc(F)cc1. The Balaban J connectivity index is 2.10. The molecule has 0 spiro atoms. The van der Waals surface area contributed by atoms with E-state index in [0.29, 0.717) is 12.3 Å². The molecule has 0 radical (unpaired) electrons. The first-order valence-electron chi connectivity index (χ1n) is 7.18. The molecule has 2 aromatic carbocycles. The van der Waals surface area contributed by atoms with Gasteiger partial charge in [-0.2, -0.15) is 0 Å². The van der Waals surface area contributed by atoms with Crippen molar-refractivity contribution in [3.8, 4) is 0 Å². The number of carbonyl (C=O) groups is 1. The smallest absolute Gasteiger partial charge is 0.303 e. The third-order valence-electron chi connectivity index (χ3n) is 4.13. The van der Waals surface area contributed by atoms with Crippen molar-refractivity contribution < 1.29 is 19.0 Å². The number of benzene rings is 2. The van der Waals surface area contributed by atoms with Gasteiger partial charge in [-0.1, -0.05) is 30.3 Å². The van der Waals surface area contributed by atoms with Gasteiger partial charge in [0.1, 0.15) is 11.4 Å². The second-order valence-electron chi connectivity index (χ2n) is 5.47. The van der Waals surface area contributed by atoms with Gasteiger partial charge in [0.15, 0.2) is 5.69 Å². The van der Waals surface area contributed by atoms with Crippen LogP contribution < -0.4 is 0 Å². The van der Waals surface area contributed by atoms with Crippen molar-refractivity contribution in [2.75, 3.05) is 0 Å². The topological polar surface area (TPSA) is 50.9 Å². The first kappa shape index (κ1) is 15.2. The Labute approximate surface area is 133 Å².